The number of H-pyrrole nitrogens is 1. The Hall–Kier alpha value is -2.37. The summed E-state index contributed by atoms with van der Waals surface area (Å²) < 4.78 is 4.82. The maximum Gasteiger partial charge on any atom is 0.352 e. The largest absolute Gasteiger partial charge is 0.477 e. The average Bonchev–Trinajstić information content (AvgIpc) is 2.78. The minimum atomic E-state index is -0.999. The molecule has 0 spiro atoms. The Bertz CT molecular complexity index is 504. The number of hydrogen-bond donors (Lipinski definition) is 2. The van der Waals surface area contributed by atoms with Crippen molar-refractivity contribution in [1.29, 1.82) is 0 Å². The lowest BCUT2D eigenvalue weighted by atomic mass is 10.2. The first-order valence-corrected chi connectivity index (χ1v) is 4.49. The number of carbonyl (C=O) groups is 1. The van der Waals surface area contributed by atoms with Crippen LogP contribution in [0.15, 0.2) is 24.7 Å². The topological polar surface area (TPSA) is 88.1 Å². The van der Waals surface area contributed by atoms with E-state index in [1.165, 1.54) is 13.2 Å². The summed E-state index contributed by atoms with van der Waals surface area (Å²) in [5.41, 5.74) is 1.58. The third kappa shape index (κ3) is 1.85. The zero-order chi connectivity index (χ0) is 11.5. The van der Waals surface area contributed by atoms with Crippen LogP contribution < -0.4 is 4.74 Å². The molecule has 6 heteroatoms. The van der Waals surface area contributed by atoms with Crippen LogP contribution in [0.3, 0.4) is 0 Å². The molecule has 2 aromatic rings. The summed E-state index contributed by atoms with van der Waals surface area (Å²) in [5.74, 6) is -0.999. The van der Waals surface area contributed by atoms with Gasteiger partial charge in [0.05, 0.1) is 7.11 Å². The highest BCUT2D eigenvalue weighted by Crippen LogP contribution is 2.19. The molecule has 0 aliphatic carbocycles. The number of rotatable bonds is 3. The van der Waals surface area contributed by atoms with Gasteiger partial charge in [-0.2, -0.15) is 0 Å². The van der Waals surface area contributed by atoms with Crippen molar-refractivity contribution < 1.29 is 14.6 Å². The van der Waals surface area contributed by atoms with Crippen LogP contribution in [-0.2, 0) is 0 Å². The number of ether oxygens (including phenoxy) is 1. The SMILES string of the molecule is COc1ncc(-c2c[nH]c(C(=O)O)c2)cn1. The van der Waals surface area contributed by atoms with Gasteiger partial charge in [0, 0.05) is 29.7 Å². The van der Waals surface area contributed by atoms with Crippen molar-refractivity contribution in [3.05, 3.63) is 30.4 Å². The summed E-state index contributed by atoms with van der Waals surface area (Å²) in [6, 6.07) is 1.80. The average molecular weight is 219 g/mol. The van der Waals surface area contributed by atoms with E-state index in [4.69, 9.17) is 9.84 Å². The highest BCUT2D eigenvalue weighted by Gasteiger charge is 2.08. The number of aromatic amines is 1. The summed E-state index contributed by atoms with van der Waals surface area (Å²) in [5, 5.41) is 8.74. The summed E-state index contributed by atoms with van der Waals surface area (Å²) in [4.78, 5) is 21.2. The molecule has 0 unspecified atom stereocenters. The van der Waals surface area contributed by atoms with E-state index in [1.54, 1.807) is 18.6 Å². The minimum absolute atomic E-state index is 0.130. The molecule has 0 amide bonds. The first kappa shape index (κ1) is 10.2. The third-order valence-corrected chi connectivity index (χ3v) is 2.06. The molecule has 2 N–H and O–H groups in total. The zero-order valence-electron chi connectivity index (χ0n) is 8.47. The summed E-state index contributed by atoms with van der Waals surface area (Å²) >= 11 is 0. The molecule has 0 bridgehead atoms. The highest BCUT2D eigenvalue weighted by atomic mass is 16.5. The van der Waals surface area contributed by atoms with Crippen molar-refractivity contribution >= 4 is 5.97 Å². The van der Waals surface area contributed by atoms with Crippen LogP contribution in [-0.4, -0.2) is 33.1 Å². The van der Waals surface area contributed by atoms with Crippen molar-refractivity contribution in [2.75, 3.05) is 7.11 Å². The second-order valence-electron chi connectivity index (χ2n) is 3.07. The lowest BCUT2D eigenvalue weighted by Crippen LogP contribution is -1.94. The van der Waals surface area contributed by atoms with Gasteiger partial charge in [-0.15, -0.1) is 0 Å². The Morgan fingerprint density at radius 3 is 2.56 bits per heavy atom. The number of methoxy groups -OCH3 is 1. The van der Waals surface area contributed by atoms with Gasteiger partial charge >= 0.3 is 12.0 Å². The van der Waals surface area contributed by atoms with Crippen LogP contribution in [0.25, 0.3) is 11.1 Å². The first-order valence-electron chi connectivity index (χ1n) is 4.49. The van der Waals surface area contributed by atoms with Crippen molar-refractivity contribution in [3.63, 3.8) is 0 Å². The van der Waals surface area contributed by atoms with Crippen LogP contribution in [0.2, 0.25) is 0 Å². The fraction of sp³-hybridized carbons (Fsp3) is 0.100. The molecular weight excluding hydrogens is 210 g/mol. The van der Waals surface area contributed by atoms with Crippen molar-refractivity contribution in [2.24, 2.45) is 0 Å². The number of carboxylic acid groups (broad SMARTS) is 1. The van der Waals surface area contributed by atoms with Gasteiger partial charge in [-0.25, -0.2) is 14.8 Å². The normalized spacial score (nSPS) is 10.1. The smallest absolute Gasteiger partial charge is 0.352 e. The molecule has 2 heterocycles. The lowest BCUT2D eigenvalue weighted by Gasteiger charge is -1.98. The van der Waals surface area contributed by atoms with E-state index in [2.05, 4.69) is 15.0 Å². The molecular formula is C10H9N3O3. The third-order valence-electron chi connectivity index (χ3n) is 2.06. The van der Waals surface area contributed by atoms with E-state index in [-0.39, 0.29) is 11.7 Å². The van der Waals surface area contributed by atoms with Gasteiger partial charge in [0.25, 0.3) is 0 Å². The fourth-order valence-electron chi connectivity index (χ4n) is 1.26. The summed E-state index contributed by atoms with van der Waals surface area (Å²) in [6.07, 6.45) is 4.73. The molecule has 16 heavy (non-hydrogen) atoms. The van der Waals surface area contributed by atoms with Gasteiger partial charge in [-0.1, -0.05) is 0 Å². The molecule has 0 saturated carbocycles. The van der Waals surface area contributed by atoms with E-state index in [0.29, 0.717) is 0 Å². The maximum atomic E-state index is 10.7. The van der Waals surface area contributed by atoms with E-state index in [1.807, 2.05) is 0 Å². The number of nitrogens with zero attached hydrogens (tertiary/aromatic N) is 2. The van der Waals surface area contributed by atoms with Gasteiger partial charge in [-0.3, -0.25) is 0 Å². The summed E-state index contributed by atoms with van der Waals surface area (Å²) in [6.45, 7) is 0. The second-order valence-corrected chi connectivity index (χ2v) is 3.07. The minimum Gasteiger partial charge on any atom is -0.477 e. The molecule has 2 aromatic heterocycles. The van der Waals surface area contributed by atoms with Gasteiger partial charge in [0.15, 0.2) is 0 Å². The van der Waals surface area contributed by atoms with Gasteiger partial charge < -0.3 is 14.8 Å². The maximum absolute atomic E-state index is 10.7. The lowest BCUT2D eigenvalue weighted by molar-refractivity contribution is 0.0691. The van der Waals surface area contributed by atoms with E-state index in [9.17, 15) is 4.79 Å². The van der Waals surface area contributed by atoms with E-state index >= 15 is 0 Å². The number of carboxylic acids is 1. The van der Waals surface area contributed by atoms with Crippen molar-refractivity contribution in [1.82, 2.24) is 15.0 Å². The van der Waals surface area contributed by atoms with Gasteiger partial charge in [0.2, 0.25) is 0 Å². The van der Waals surface area contributed by atoms with Crippen LogP contribution in [0.1, 0.15) is 10.5 Å². The molecule has 82 valence electrons. The molecule has 0 aliphatic rings. The van der Waals surface area contributed by atoms with Crippen molar-refractivity contribution in [2.45, 2.75) is 0 Å². The highest BCUT2D eigenvalue weighted by molar-refractivity contribution is 5.87. The summed E-state index contributed by atoms with van der Waals surface area (Å²) in [7, 11) is 1.48. The Balaban J connectivity index is 2.31. The van der Waals surface area contributed by atoms with E-state index < -0.39 is 5.97 Å². The predicted octanol–water partition coefficient (Wildman–Crippen LogP) is 1.18. The van der Waals surface area contributed by atoms with Crippen LogP contribution >= 0.6 is 0 Å². The van der Waals surface area contributed by atoms with Crippen LogP contribution in [0.5, 0.6) is 6.01 Å². The molecule has 0 atom stereocenters. The molecule has 6 nitrogen and oxygen atoms in total. The first-order chi connectivity index (χ1) is 7.70. The number of aromatic nitrogens is 3. The molecule has 0 radical (unpaired) electrons. The zero-order valence-corrected chi connectivity index (χ0v) is 8.47. The Kier molecular flexibility index (Phi) is 2.55. The molecule has 0 aromatic carbocycles. The standard InChI is InChI=1S/C10H9N3O3/c1-16-10-12-4-7(5-13-10)6-2-8(9(14)15)11-3-6/h2-5,11H,1H3,(H,14,15). The van der Waals surface area contributed by atoms with Crippen LogP contribution in [0, 0.1) is 0 Å². The Labute approximate surface area is 90.9 Å². The molecule has 0 aliphatic heterocycles. The van der Waals surface area contributed by atoms with Crippen LogP contribution in [0.4, 0.5) is 0 Å². The Morgan fingerprint density at radius 1 is 1.38 bits per heavy atom. The number of nitrogens with one attached hydrogen (secondary N) is 1. The number of aromatic carboxylic acids is 1. The fourth-order valence-corrected chi connectivity index (χ4v) is 1.26. The monoisotopic (exact) mass is 219 g/mol. The molecule has 0 saturated heterocycles. The van der Waals surface area contributed by atoms with Gasteiger partial charge in [-0.05, 0) is 6.07 Å². The predicted molar refractivity (Wildman–Crippen MR) is 55.3 cm³/mol. The van der Waals surface area contributed by atoms with Crippen molar-refractivity contribution in [3.8, 4) is 17.1 Å². The number of hydrogen-bond acceptors (Lipinski definition) is 4. The molecule has 0 fully saturated rings. The van der Waals surface area contributed by atoms with Gasteiger partial charge in [0.1, 0.15) is 5.69 Å². The second kappa shape index (κ2) is 4.01. The molecule has 2 rings (SSSR count). The Morgan fingerprint density at radius 2 is 2.06 bits per heavy atom. The quantitative estimate of drug-likeness (QED) is 0.809. The van der Waals surface area contributed by atoms with E-state index in [0.717, 1.165) is 11.1 Å².